The second-order valence-corrected chi connectivity index (χ2v) is 4.22. The van der Waals surface area contributed by atoms with Crippen molar-refractivity contribution in [2.24, 2.45) is 0 Å². The molecule has 0 radical (unpaired) electrons. The number of hydrogen-bond acceptors (Lipinski definition) is 3. The van der Waals surface area contributed by atoms with Crippen molar-refractivity contribution in [3.8, 4) is 11.5 Å². The van der Waals surface area contributed by atoms with Crippen LogP contribution in [0.4, 0.5) is 0 Å². The van der Waals surface area contributed by atoms with Crippen molar-refractivity contribution in [1.29, 1.82) is 0 Å². The predicted molar refractivity (Wildman–Crippen MR) is 75.6 cm³/mol. The summed E-state index contributed by atoms with van der Waals surface area (Å²) in [7, 11) is 3.31. The summed E-state index contributed by atoms with van der Waals surface area (Å²) in [6, 6.07) is 6.03. The Morgan fingerprint density at radius 1 is 1.22 bits per heavy atom. The third kappa shape index (κ3) is 4.41. The molecule has 0 fully saturated rings. The van der Waals surface area contributed by atoms with Gasteiger partial charge in [0.05, 0.1) is 14.2 Å². The van der Waals surface area contributed by atoms with Gasteiger partial charge in [0.2, 0.25) is 0 Å². The van der Waals surface area contributed by atoms with E-state index in [0.29, 0.717) is 0 Å². The fourth-order valence-electron chi connectivity index (χ4n) is 1.66. The SMILES string of the molecule is C=C(CC)CNCCc1ccc(OC)c(OC)c1. The molecule has 0 aromatic heterocycles. The highest BCUT2D eigenvalue weighted by Gasteiger charge is 2.04. The van der Waals surface area contributed by atoms with Crippen LogP contribution in [0.25, 0.3) is 0 Å². The second kappa shape index (κ2) is 7.77. The Hall–Kier alpha value is -1.48. The average Bonchev–Trinajstić information content (AvgIpc) is 2.42. The van der Waals surface area contributed by atoms with E-state index < -0.39 is 0 Å². The van der Waals surface area contributed by atoms with E-state index in [-0.39, 0.29) is 0 Å². The molecule has 1 aromatic rings. The molecule has 18 heavy (non-hydrogen) atoms. The number of hydrogen-bond donors (Lipinski definition) is 1. The fraction of sp³-hybridized carbons (Fsp3) is 0.467. The lowest BCUT2D eigenvalue weighted by atomic mass is 10.1. The van der Waals surface area contributed by atoms with Gasteiger partial charge in [-0.1, -0.05) is 25.1 Å². The van der Waals surface area contributed by atoms with Gasteiger partial charge in [-0.3, -0.25) is 0 Å². The summed E-state index contributed by atoms with van der Waals surface area (Å²) in [5.74, 6) is 1.56. The van der Waals surface area contributed by atoms with Crippen molar-refractivity contribution in [2.75, 3.05) is 27.3 Å². The Morgan fingerprint density at radius 3 is 2.56 bits per heavy atom. The molecule has 0 atom stereocenters. The zero-order valence-corrected chi connectivity index (χ0v) is 11.6. The number of nitrogens with one attached hydrogen (secondary N) is 1. The van der Waals surface area contributed by atoms with Crippen LogP contribution >= 0.6 is 0 Å². The first-order valence-electron chi connectivity index (χ1n) is 6.29. The van der Waals surface area contributed by atoms with E-state index in [0.717, 1.165) is 37.4 Å². The Bertz CT molecular complexity index is 388. The Labute approximate surface area is 110 Å². The van der Waals surface area contributed by atoms with Gasteiger partial charge in [0.15, 0.2) is 11.5 Å². The van der Waals surface area contributed by atoms with Crippen LogP contribution in [0.3, 0.4) is 0 Å². The van der Waals surface area contributed by atoms with Gasteiger partial charge in [-0.25, -0.2) is 0 Å². The average molecular weight is 249 g/mol. The lowest BCUT2D eigenvalue weighted by Crippen LogP contribution is -2.19. The van der Waals surface area contributed by atoms with Crippen molar-refractivity contribution < 1.29 is 9.47 Å². The third-order valence-electron chi connectivity index (χ3n) is 2.91. The summed E-state index contributed by atoms with van der Waals surface area (Å²) in [5.41, 5.74) is 2.48. The van der Waals surface area contributed by atoms with Crippen molar-refractivity contribution in [3.05, 3.63) is 35.9 Å². The van der Waals surface area contributed by atoms with E-state index in [9.17, 15) is 0 Å². The molecule has 3 heteroatoms. The molecule has 0 heterocycles. The standard InChI is InChI=1S/C15H23NO2/c1-5-12(2)11-16-9-8-13-6-7-14(17-3)15(10-13)18-4/h6-7,10,16H,2,5,8-9,11H2,1,3-4H3. The van der Waals surface area contributed by atoms with Crippen LogP contribution in [0.2, 0.25) is 0 Å². The van der Waals surface area contributed by atoms with Crippen molar-refractivity contribution in [1.82, 2.24) is 5.32 Å². The van der Waals surface area contributed by atoms with Crippen LogP contribution in [0.5, 0.6) is 11.5 Å². The summed E-state index contributed by atoms with van der Waals surface area (Å²) >= 11 is 0. The van der Waals surface area contributed by atoms with Crippen LogP contribution in [-0.4, -0.2) is 27.3 Å². The van der Waals surface area contributed by atoms with Crippen LogP contribution in [-0.2, 0) is 6.42 Å². The molecule has 1 N–H and O–H groups in total. The number of benzene rings is 1. The lowest BCUT2D eigenvalue weighted by molar-refractivity contribution is 0.354. The van der Waals surface area contributed by atoms with Crippen LogP contribution in [0.15, 0.2) is 30.4 Å². The monoisotopic (exact) mass is 249 g/mol. The molecule has 0 aliphatic heterocycles. The molecule has 0 aliphatic carbocycles. The number of ether oxygens (including phenoxy) is 2. The quantitative estimate of drug-likeness (QED) is 0.567. The Morgan fingerprint density at radius 2 is 1.94 bits per heavy atom. The Kier molecular flexibility index (Phi) is 6.29. The van der Waals surface area contributed by atoms with Gasteiger partial charge in [0.1, 0.15) is 0 Å². The first-order valence-corrected chi connectivity index (χ1v) is 6.29. The van der Waals surface area contributed by atoms with Crippen molar-refractivity contribution in [3.63, 3.8) is 0 Å². The maximum atomic E-state index is 5.28. The fourth-order valence-corrected chi connectivity index (χ4v) is 1.66. The normalized spacial score (nSPS) is 10.2. The van der Waals surface area contributed by atoms with E-state index in [1.54, 1.807) is 14.2 Å². The molecule has 0 amide bonds. The van der Waals surface area contributed by atoms with E-state index in [2.05, 4.69) is 24.9 Å². The van der Waals surface area contributed by atoms with Gasteiger partial charge in [0, 0.05) is 6.54 Å². The molecule has 0 saturated heterocycles. The first-order chi connectivity index (χ1) is 8.71. The minimum absolute atomic E-state index is 0.772. The highest BCUT2D eigenvalue weighted by molar-refractivity contribution is 5.42. The molecule has 0 spiro atoms. The van der Waals surface area contributed by atoms with Crippen LogP contribution in [0, 0.1) is 0 Å². The highest BCUT2D eigenvalue weighted by atomic mass is 16.5. The molecule has 3 nitrogen and oxygen atoms in total. The van der Waals surface area contributed by atoms with Crippen molar-refractivity contribution in [2.45, 2.75) is 19.8 Å². The van der Waals surface area contributed by atoms with Gasteiger partial charge in [-0.05, 0) is 37.1 Å². The minimum Gasteiger partial charge on any atom is -0.493 e. The first kappa shape index (κ1) is 14.6. The van der Waals surface area contributed by atoms with Gasteiger partial charge in [-0.15, -0.1) is 0 Å². The molecule has 0 aliphatic rings. The van der Waals surface area contributed by atoms with Gasteiger partial charge >= 0.3 is 0 Å². The Balaban J connectivity index is 2.45. The number of rotatable bonds is 8. The van der Waals surface area contributed by atoms with Crippen LogP contribution in [0.1, 0.15) is 18.9 Å². The predicted octanol–water partition coefficient (Wildman–Crippen LogP) is 2.80. The third-order valence-corrected chi connectivity index (χ3v) is 2.91. The summed E-state index contributed by atoms with van der Waals surface area (Å²) in [4.78, 5) is 0. The zero-order chi connectivity index (χ0) is 13.4. The van der Waals surface area contributed by atoms with Crippen molar-refractivity contribution >= 4 is 0 Å². The summed E-state index contributed by atoms with van der Waals surface area (Å²) in [5, 5.41) is 3.38. The van der Waals surface area contributed by atoms with Gasteiger partial charge < -0.3 is 14.8 Å². The molecular weight excluding hydrogens is 226 g/mol. The van der Waals surface area contributed by atoms with Crippen LogP contribution < -0.4 is 14.8 Å². The molecular formula is C15H23NO2. The summed E-state index contributed by atoms with van der Waals surface area (Å²) < 4.78 is 10.5. The van der Waals surface area contributed by atoms with Gasteiger partial charge in [0.25, 0.3) is 0 Å². The maximum Gasteiger partial charge on any atom is 0.160 e. The molecule has 0 saturated carbocycles. The number of methoxy groups -OCH3 is 2. The van der Waals surface area contributed by atoms with E-state index in [1.165, 1.54) is 11.1 Å². The lowest BCUT2D eigenvalue weighted by Gasteiger charge is -2.10. The second-order valence-electron chi connectivity index (χ2n) is 4.22. The largest absolute Gasteiger partial charge is 0.493 e. The molecule has 100 valence electrons. The van der Waals surface area contributed by atoms with E-state index in [1.807, 2.05) is 12.1 Å². The topological polar surface area (TPSA) is 30.5 Å². The minimum atomic E-state index is 0.772. The molecule has 1 rings (SSSR count). The summed E-state index contributed by atoms with van der Waals surface area (Å²) in [6.07, 6.45) is 2.00. The zero-order valence-electron chi connectivity index (χ0n) is 11.6. The maximum absolute atomic E-state index is 5.28. The van der Waals surface area contributed by atoms with Gasteiger partial charge in [-0.2, -0.15) is 0 Å². The smallest absolute Gasteiger partial charge is 0.160 e. The van der Waals surface area contributed by atoms with E-state index >= 15 is 0 Å². The molecule has 1 aromatic carbocycles. The highest BCUT2D eigenvalue weighted by Crippen LogP contribution is 2.27. The molecule has 0 unspecified atom stereocenters. The molecule has 0 bridgehead atoms. The van der Waals surface area contributed by atoms with E-state index in [4.69, 9.17) is 9.47 Å². The summed E-state index contributed by atoms with van der Waals surface area (Å²) in [6.45, 7) is 7.92.